The minimum atomic E-state index is -2.96. The molecule has 0 saturated carbocycles. The number of hydrogen-bond acceptors (Lipinski definition) is 15. The van der Waals surface area contributed by atoms with E-state index in [0.29, 0.717) is 16.1 Å². The van der Waals surface area contributed by atoms with Gasteiger partial charge in [0.1, 0.15) is 12.6 Å². The van der Waals surface area contributed by atoms with E-state index in [1.807, 2.05) is 72.8 Å². The topological polar surface area (TPSA) is 295 Å². The van der Waals surface area contributed by atoms with Crippen molar-refractivity contribution >= 4 is 47.3 Å². The number of ether oxygens (including phenoxy) is 1. The van der Waals surface area contributed by atoms with Crippen molar-refractivity contribution in [1.29, 1.82) is 0 Å². The molecule has 304 valence electrons. The Morgan fingerprint density at radius 1 is 0.695 bits per heavy atom. The van der Waals surface area contributed by atoms with Crippen molar-refractivity contribution in [2.45, 2.75) is 36.7 Å². The van der Waals surface area contributed by atoms with E-state index in [-0.39, 0.29) is 24.7 Å². The SMILES string of the molecule is O=C(Nc1nn[nH]n1)[C@H](Cc1ccc(-c2ccccc2)c(Cl)c1)N[C@@H](CO)C(=O)O[C@](CO)(N[C@@H](Cc1ccc(-c2ccccc2)cc1)C(=O)Nc1nn[nH]n1)C(=O)O. The third-order valence-corrected chi connectivity index (χ3v) is 9.29. The summed E-state index contributed by atoms with van der Waals surface area (Å²) in [4.78, 5) is 53.9. The van der Waals surface area contributed by atoms with Crippen molar-refractivity contribution in [3.63, 3.8) is 0 Å². The molecule has 0 spiro atoms. The van der Waals surface area contributed by atoms with Gasteiger partial charge in [-0.3, -0.25) is 35.7 Å². The Kier molecular flexibility index (Phi) is 13.7. The number of aliphatic hydroxyl groups is 2. The molecule has 6 aromatic rings. The monoisotopic (exact) mass is 824 g/mol. The van der Waals surface area contributed by atoms with Crippen molar-refractivity contribution in [3.8, 4) is 22.3 Å². The molecule has 0 aliphatic rings. The second-order valence-corrected chi connectivity index (χ2v) is 13.4. The van der Waals surface area contributed by atoms with Crippen LogP contribution in [0.5, 0.6) is 0 Å². The third kappa shape index (κ3) is 10.7. The van der Waals surface area contributed by atoms with Crippen LogP contribution < -0.4 is 21.3 Å². The Morgan fingerprint density at radius 3 is 1.76 bits per heavy atom. The number of carbonyl (C=O) groups excluding carboxylic acids is 3. The van der Waals surface area contributed by atoms with Gasteiger partial charge in [-0.05, 0) is 57.2 Å². The maximum atomic E-state index is 13.8. The number of aliphatic carboxylic acids is 1. The number of esters is 1. The summed E-state index contributed by atoms with van der Waals surface area (Å²) in [5.74, 6) is -5.38. The second kappa shape index (κ2) is 19.5. The number of amides is 2. The molecule has 0 saturated heterocycles. The van der Waals surface area contributed by atoms with Gasteiger partial charge in [0.15, 0.2) is 0 Å². The second-order valence-electron chi connectivity index (χ2n) is 13.0. The van der Waals surface area contributed by atoms with Crippen LogP contribution in [0.4, 0.5) is 11.9 Å². The highest BCUT2D eigenvalue weighted by Crippen LogP contribution is 2.29. The highest BCUT2D eigenvalue weighted by Gasteiger charge is 2.47. The van der Waals surface area contributed by atoms with E-state index in [1.54, 1.807) is 30.3 Å². The molecule has 2 amide bonds. The average molecular weight is 825 g/mol. The Balaban J connectivity index is 1.23. The molecular weight excluding hydrogens is 788 g/mol. The van der Waals surface area contributed by atoms with Gasteiger partial charge in [-0.25, -0.2) is 4.79 Å². The lowest BCUT2D eigenvalue weighted by Gasteiger charge is -2.33. The van der Waals surface area contributed by atoms with Gasteiger partial charge in [-0.15, -0.1) is 10.2 Å². The number of aliphatic hydroxyl groups excluding tert-OH is 2. The predicted molar refractivity (Wildman–Crippen MR) is 210 cm³/mol. The summed E-state index contributed by atoms with van der Waals surface area (Å²) in [6.45, 7) is -2.38. The fraction of sp³-hybridized carbons (Fsp3) is 0.211. The lowest BCUT2D eigenvalue weighted by Crippen LogP contribution is -2.65. The molecule has 59 heavy (non-hydrogen) atoms. The van der Waals surface area contributed by atoms with Crippen LogP contribution in [0.15, 0.2) is 103 Å². The zero-order chi connectivity index (χ0) is 41.8. The summed E-state index contributed by atoms with van der Waals surface area (Å²) in [5, 5.41) is 67.8. The minimum absolute atomic E-state index is 0.119. The molecule has 2 heterocycles. The summed E-state index contributed by atoms with van der Waals surface area (Å²) in [6.07, 6.45) is -0.303. The Hall–Kier alpha value is -6.97. The molecule has 4 aromatic carbocycles. The van der Waals surface area contributed by atoms with E-state index in [9.17, 15) is 34.5 Å². The lowest BCUT2D eigenvalue weighted by molar-refractivity contribution is -0.192. The van der Waals surface area contributed by atoms with Crippen molar-refractivity contribution in [1.82, 2.24) is 51.9 Å². The third-order valence-electron chi connectivity index (χ3n) is 8.97. The fourth-order valence-electron chi connectivity index (χ4n) is 5.98. The summed E-state index contributed by atoms with van der Waals surface area (Å²) in [5.41, 5.74) is 1.51. The first kappa shape index (κ1) is 41.7. The number of carboxylic acids is 1. The average Bonchev–Trinajstić information content (AvgIpc) is 3.97. The number of tetrazole rings is 2. The summed E-state index contributed by atoms with van der Waals surface area (Å²) in [7, 11) is 0. The standard InChI is InChI=1S/C38H37ClN12O8/c39-28-17-23(13-16-27(28)26-9-5-2-6-10-26)19-29(32(54)41-36-44-48-49-45-36)40-31(20-52)34(56)59-38(21-53,35(57)58)43-30(33(55)42-37-46-50-51-47-37)18-22-11-14-25(15-12-22)24-7-3-1-4-8-24/h1-17,29-31,40,43,52-53H,18-21H2,(H,57,58)(H2,41,44,45,48,49,54)(H2,42,46,47,50,51,55)/t29-,30-,31-,38-/m0/s1. The van der Waals surface area contributed by atoms with Gasteiger partial charge in [0.25, 0.3) is 17.6 Å². The lowest BCUT2D eigenvalue weighted by atomic mass is 9.99. The highest BCUT2D eigenvalue weighted by molar-refractivity contribution is 6.33. The molecular formula is C38H37ClN12O8. The van der Waals surface area contributed by atoms with E-state index in [2.05, 4.69) is 62.5 Å². The van der Waals surface area contributed by atoms with E-state index in [0.717, 1.165) is 22.3 Å². The van der Waals surface area contributed by atoms with Crippen LogP contribution in [0.25, 0.3) is 22.3 Å². The quantitative estimate of drug-likeness (QED) is 0.0412. The Labute approximate surface area is 339 Å². The van der Waals surface area contributed by atoms with Gasteiger partial charge >= 0.3 is 11.9 Å². The van der Waals surface area contributed by atoms with E-state index in [4.69, 9.17) is 16.3 Å². The van der Waals surface area contributed by atoms with Crippen LogP contribution in [0.2, 0.25) is 5.02 Å². The maximum Gasteiger partial charge on any atom is 0.366 e. The number of carboxylic acid groups (broad SMARTS) is 1. The number of aromatic nitrogens is 8. The van der Waals surface area contributed by atoms with Crippen LogP contribution in [-0.4, -0.2) is 117 Å². The molecule has 0 bridgehead atoms. The van der Waals surface area contributed by atoms with Crippen LogP contribution in [0, 0.1) is 0 Å². The maximum absolute atomic E-state index is 13.8. The summed E-state index contributed by atoms with van der Waals surface area (Å²) >= 11 is 6.64. The number of aromatic amines is 2. The number of nitrogens with one attached hydrogen (secondary N) is 6. The van der Waals surface area contributed by atoms with Crippen molar-refractivity contribution in [2.75, 3.05) is 23.8 Å². The molecule has 0 radical (unpaired) electrons. The summed E-state index contributed by atoms with van der Waals surface area (Å²) in [6, 6.07) is 26.4. The Morgan fingerprint density at radius 2 is 1.24 bits per heavy atom. The first-order valence-electron chi connectivity index (χ1n) is 17.9. The molecule has 0 unspecified atom stereocenters. The van der Waals surface area contributed by atoms with Crippen LogP contribution in [0.1, 0.15) is 11.1 Å². The minimum Gasteiger partial charge on any atom is -0.477 e. The fourth-order valence-corrected chi connectivity index (χ4v) is 6.29. The number of hydrogen-bond donors (Lipinski definition) is 9. The number of carbonyl (C=O) groups is 4. The van der Waals surface area contributed by atoms with Crippen LogP contribution in [-0.2, 0) is 36.8 Å². The Bertz CT molecular complexity index is 2320. The molecule has 21 heteroatoms. The van der Waals surface area contributed by atoms with Gasteiger partial charge in [0.05, 0.1) is 18.7 Å². The van der Waals surface area contributed by atoms with Gasteiger partial charge in [0.2, 0.25) is 11.8 Å². The van der Waals surface area contributed by atoms with Crippen LogP contribution >= 0.6 is 11.6 Å². The molecule has 0 aliphatic carbocycles. The van der Waals surface area contributed by atoms with E-state index in [1.165, 1.54) is 0 Å². The molecule has 4 atom stereocenters. The van der Waals surface area contributed by atoms with E-state index >= 15 is 0 Å². The van der Waals surface area contributed by atoms with E-state index < -0.39 is 60.8 Å². The van der Waals surface area contributed by atoms with Gasteiger partial charge in [-0.1, -0.05) is 119 Å². The van der Waals surface area contributed by atoms with Crippen LogP contribution in [0.3, 0.4) is 0 Å². The van der Waals surface area contributed by atoms with Gasteiger partial charge in [0, 0.05) is 10.6 Å². The van der Waals surface area contributed by atoms with Crippen molar-refractivity contribution in [3.05, 3.63) is 119 Å². The zero-order valence-corrected chi connectivity index (χ0v) is 31.6. The smallest absolute Gasteiger partial charge is 0.366 e. The molecule has 20 nitrogen and oxygen atoms in total. The molecule has 6 rings (SSSR count). The molecule has 9 N–H and O–H groups in total. The van der Waals surface area contributed by atoms with Crippen molar-refractivity contribution < 1.29 is 39.2 Å². The van der Waals surface area contributed by atoms with Gasteiger partial charge < -0.3 is 20.1 Å². The zero-order valence-electron chi connectivity index (χ0n) is 30.8. The largest absolute Gasteiger partial charge is 0.477 e. The molecule has 0 aliphatic heterocycles. The predicted octanol–water partition coefficient (Wildman–Crippen LogP) is 1.36. The number of rotatable bonds is 19. The number of anilines is 2. The first-order valence-corrected chi connectivity index (χ1v) is 18.2. The normalized spacial score (nSPS) is 13.7. The van der Waals surface area contributed by atoms with Crippen molar-refractivity contribution in [2.24, 2.45) is 0 Å². The summed E-state index contributed by atoms with van der Waals surface area (Å²) < 4.78 is 5.41. The first-order chi connectivity index (χ1) is 28.6. The van der Waals surface area contributed by atoms with Gasteiger partial charge in [-0.2, -0.15) is 10.4 Å². The molecule has 2 aromatic heterocycles. The highest BCUT2D eigenvalue weighted by atomic mass is 35.5. The number of benzene rings is 4. The number of halogens is 1. The number of nitrogens with zero attached hydrogens (tertiary/aromatic N) is 6. The number of H-pyrrole nitrogens is 2. The molecule has 0 fully saturated rings.